The highest BCUT2D eigenvalue weighted by Crippen LogP contribution is 2.29. The van der Waals surface area contributed by atoms with Gasteiger partial charge in [-0.15, -0.1) is 10.2 Å². The molecule has 0 radical (unpaired) electrons. The Kier molecular flexibility index (Phi) is 5.66. The fraction of sp³-hybridized carbons (Fsp3) is 0.700. The molecule has 2 fully saturated rings. The third-order valence-electron chi connectivity index (χ3n) is 6.17. The molecule has 0 bridgehead atoms. The Hall–Kier alpha value is -1.96. The van der Waals surface area contributed by atoms with E-state index >= 15 is 0 Å². The molecule has 2 aromatic rings. The summed E-state index contributed by atoms with van der Waals surface area (Å²) in [4.78, 5) is 15.0. The molecule has 4 rings (SSSR count). The third-order valence-corrected chi connectivity index (χ3v) is 7.13. The summed E-state index contributed by atoms with van der Waals surface area (Å²) in [6.45, 7) is 7.98. The van der Waals surface area contributed by atoms with Crippen LogP contribution in [0.25, 0.3) is 5.13 Å². The van der Waals surface area contributed by atoms with E-state index in [1.807, 2.05) is 24.6 Å². The van der Waals surface area contributed by atoms with Crippen LogP contribution in [0, 0.1) is 25.7 Å². The van der Waals surface area contributed by atoms with Gasteiger partial charge in [0.1, 0.15) is 0 Å². The van der Waals surface area contributed by atoms with E-state index < -0.39 is 0 Å². The molecule has 0 spiro atoms. The average Bonchev–Trinajstić information content (AvgIpc) is 3.30. The highest BCUT2D eigenvalue weighted by atomic mass is 32.1. The van der Waals surface area contributed by atoms with Gasteiger partial charge in [0.25, 0.3) is 0 Å². The lowest BCUT2D eigenvalue weighted by molar-refractivity contribution is -0.126. The van der Waals surface area contributed by atoms with Gasteiger partial charge in [0.05, 0.1) is 5.69 Å². The number of nitrogens with zero attached hydrogens (tertiary/aromatic N) is 5. The van der Waals surface area contributed by atoms with E-state index in [4.69, 9.17) is 0 Å². The maximum absolute atomic E-state index is 12.7. The van der Waals surface area contributed by atoms with Crippen LogP contribution in [0.3, 0.4) is 0 Å². The lowest BCUT2D eigenvalue weighted by atomic mass is 9.85. The first-order chi connectivity index (χ1) is 13.5. The number of hydrogen-bond donors (Lipinski definition) is 1. The van der Waals surface area contributed by atoms with Crippen molar-refractivity contribution in [2.24, 2.45) is 11.8 Å². The zero-order valence-corrected chi connectivity index (χ0v) is 17.8. The van der Waals surface area contributed by atoms with Gasteiger partial charge in [-0.2, -0.15) is 5.10 Å². The van der Waals surface area contributed by atoms with E-state index in [-0.39, 0.29) is 11.8 Å². The Bertz CT molecular complexity index is 823. The molecule has 2 aromatic heterocycles. The van der Waals surface area contributed by atoms with Crippen LogP contribution in [0.1, 0.15) is 56.8 Å². The maximum Gasteiger partial charge on any atom is 0.234 e. The number of carbonyl (C=O) groups is 1. The maximum atomic E-state index is 12.7. The minimum atomic E-state index is 0.119. The Morgan fingerprint density at radius 2 is 1.82 bits per heavy atom. The second-order valence-corrected chi connectivity index (χ2v) is 9.28. The number of hydrogen-bond acceptors (Lipinski definition) is 6. The van der Waals surface area contributed by atoms with E-state index in [0.29, 0.717) is 12.0 Å². The van der Waals surface area contributed by atoms with Crippen LogP contribution in [0.15, 0.2) is 6.07 Å². The van der Waals surface area contributed by atoms with Crippen LogP contribution >= 0.6 is 11.3 Å². The molecule has 1 aliphatic carbocycles. The van der Waals surface area contributed by atoms with Gasteiger partial charge < -0.3 is 10.2 Å². The second kappa shape index (κ2) is 8.19. The van der Waals surface area contributed by atoms with Crippen molar-refractivity contribution in [3.8, 4) is 5.13 Å². The summed E-state index contributed by atoms with van der Waals surface area (Å²) in [6, 6.07) is 2.41. The molecule has 7 nitrogen and oxygen atoms in total. The van der Waals surface area contributed by atoms with E-state index in [2.05, 4.69) is 32.4 Å². The van der Waals surface area contributed by atoms with E-state index in [0.717, 1.165) is 54.0 Å². The first-order valence-corrected chi connectivity index (χ1v) is 11.3. The second-order valence-electron chi connectivity index (χ2n) is 8.34. The summed E-state index contributed by atoms with van der Waals surface area (Å²) < 4.78 is 1.85. The highest BCUT2D eigenvalue weighted by molar-refractivity contribution is 7.17. The molecule has 0 aromatic carbocycles. The summed E-state index contributed by atoms with van der Waals surface area (Å²) in [7, 11) is 0. The summed E-state index contributed by atoms with van der Waals surface area (Å²) in [5.74, 6) is 0.972. The molecule has 1 N–H and O–H groups in total. The van der Waals surface area contributed by atoms with Crippen molar-refractivity contribution in [3.05, 3.63) is 17.5 Å². The van der Waals surface area contributed by atoms with Gasteiger partial charge in [0.2, 0.25) is 16.2 Å². The lowest BCUT2D eigenvalue weighted by Gasteiger charge is -2.34. The van der Waals surface area contributed by atoms with Crippen molar-refractivity contribution >= 4 is 22.4 Å². The molecule has 152 valence electrons. The fourth-order valence-corrected chi connectivity index (χ4v) is 5.32. The molecular formula is C20H30N6OS. The lowest BCUT2D eigenvalue weighted by Crippen LogP contribution is -2.46. The SMILES string of the molecule is Cc1cc(C)n(-c2nnc(N3CCC(C(=O)NC4CCCCC4C)CC3)s2)n1. The van der Waals surface area contributed by atoms with Crippen LogP contribution < -0.4 is 10.2 Å². The van der Waals surface area contributed by atoms with Crippen molar-refractivity contribution in [2.75, 3.05) is 18.0 Å². The number of nitrogens with one attached hydrogen (secondary N) is 1. The topological polar surface area (TPSA) is 75.9 Å². The van der Waals surface area contributed by atoms with Gasteiger partial charge in [-0.3, -0.25) is 4.79 Å². The van der Waals surface area contributed by atoms with Crippen molar-refractivity contribution < 1.29 is 4.79 Å². The largest absolute Gasteiger partial charge is 0.353 e. The number of aryl methyl sites for hydroxylation is 2. The molecule has 2 atom stereocenters. The van der Waals surface area contributed by atoms with Crippen molar-refractivity contribution in [2.45, 2.75) is 65.3 Å². The van der Waals surface area contributed by atoms with Crippen LogP contribution in [0.5, 0.6) is 0 Å². The minimum Gasteiger partial charge on any atom is -0.353 e. The molecule has 1 saturated carbocycles. The third kappa shape index (κ3) is 4.06. The van der Waals surface area contributed by atoms with E-state index in [1.54, 1.807) is 11.3 Å². The molecule has 28 heavy (non-hydrogen) atoms. The zero-order chi connectivity index (χ0) is 19.7. The van der Waals surface area contributed by atoms with Crippen LogP contribution in [0.2, 0.25) is 0 Å². The molecule has 3 heterocycles. The number of amides is 1. The van der Waals surface area contributed by atoms with Gasteiger partial charge in [-0.05, 0) is 51.5 Å². The highest BCUT2D eigenvalue weighted by Gasteiger charge is 2.30. The number of carbonyl (C=O) groups excluding carboxylic acids is 1. The van der Waals surface area contributed by atoms with Crippen LogP contribution in [-0.4, -0.2) is 45.0 Å². The molecule has 2 unspecified atom stereocenters. The number of anilines is 1. The molecule has 1 saturated heterocycles. The molecule has 1 amide bonds. The Morgan fingerprint density at radius 3 is 2.50 bits per heavy atom. The monoisotopic (exact) mass is 402 g/mol. The summed E-state index contributed by atoms with van der Waals surface area (Å²) >= 11 is 1.56. The Labute approximate surface area is 170 Å². The summed E-state index contributed by atoms with van der Waals surface area (Å²) in [5.41, 5.74) is 2.04. The number of piperidine rings is 1. The van der Waals surface area contributed by atoms with Crippen LogP contribution in [0.4, 0.5) is 5.13 Å². The summed E-state index contributed by atoms with van der Waals surface area (Å²) in [6.07, 6.45) is 6.66. The number of aromatic nitrogens is 4. The standard InChI is InChI=1S/C20H30N6OS/c1-13-6-4-5-7-17(13)21-18(27)16-8-10-25(11-9-16)19-22-23-20(28-19)26-15(3)12-14(2)24-26/h12-13,16-17H,4-11H2,1-3H3,(H,21,27). The van der Waals surface area contributed by atoms with Gasteiger partial charge in [0, 0.05) is 30.7 Å². The molecular weight excluding hydrogens is 372 g/mol. The Balaban J connectivity index is 1.33. The van der Waals surface area contributed by atoms with Gasteiger partial charge in [-0.25, -0.2) is 4.68 Å². The quantitative estimate of drug-likeness (QED) is 0.850. The van der Waals surface area contributed by atoms with Crippen molar-refractivity contribution in [3.63, 3.8) is 0 Å². The van der Waals surface area contributed by atoms with Gasteiger partial charge >= 0.3 is 0 Å². The van der Waals surface area contributed by atoms with Crippen LogP contribution in [-0.2, 0) is 4.79 Å². The van der Waals surface area contributed by atoms with Gasteiger partial charge in [0.15, 0.2) is 0 Å². The van der Waals surface area contributed by atoms with E-state index in [1.165, 1.54) is 19.3 Å². The first-order valence-electron chi connectivity index (χ1n) is 10.4. The normalized spacial score (nSPS) is 23.8. The average molecular weight is 403 g/mol. The fourth-order valence-electron chi connectivity index (χ4n) is 4.41. The van der Waals surface area contributed by atoms with Crippen molar-refractivity contribution in [1.29, 1.82) is 0 Å². The molecule has 2 aliphatic rings. The predicted octanol–water partition coefficient (Wildman–Crippen LogP) is 3.25. The number of rotatable bonds is 4. The molecule has 8 heteroatoms. The Morgan fingerprint density at radius 1 is 1.11 bits per heavy atom. The van der Waals surface area contributed by atoms with E-state index in [9.17, 15) is 4.79 Å². The van der Waals surface area contributed by atoms with Crippen molar-refractivity contribution in [1.82, 2.24) is 25.3 Å². The minimum absolute atomic E-state index is 0.119. The smallest absolute Gasteiger partial charge is 0.234 e. The van der Waals surface area contributed by atoms with Gasteiger partial charge in [-0.1, -0.05) is 31.1 Å². The zero-order valence-electron chi connectivity index (χ0n) is 17.0. The predicted molar refractivity (Wildman–Crippen MR) is 111 cm³/mol. The summed E-state index contributed by atoms with van der Waals surface area (Å²) in [5, 5.41) is 18.2. The first kappa shape index (κ1) is 19.4. The molecule has 1 aliphatic heterocycles.